The number of nitrogens with one attached hydrogen (secondary N) is 1. The van der Waals surface area contributed by atoms with Gasteiger partial charge in [-0.15, -0.1) is 0 Å². The van der Waals surface area contributed by atoms with Crippen LogP contribution >= 0.6 is 0 Å². The predicted molar refractivity (Wildman–Crippen MR) is 134 cm³/mol. The number of aliphatic imine (C=N–C) groups is 1. The number of pyridine rings is 1. The van der Waals surface area contributed by atoms with Crippen LogP contribution in [0.2, 0.25) is 0 Å². The van der Waals surface area contributed by atoms with Crippen LogP contribution in [-0.2, 0) is 14.4 Å². The van der Waals surface area contributed by atoms with Crippen molar-refractivity contribution in [3.63, 3.8) is 0 Å². The Balaban J connectivity index is 1.78. The Labute approximate surface area is 216 Å². The van der Waals surface area contributed by atoms with Gasteiger partial charge < -0.3 is 11.1 Å². The second-order valence-electron chi connectivity index (χ2n) is 8.65. The van der Waals surface area contributed by atoms with E-state index in [-0.39, 0.29) is 5.82 Å². The first kappa shape index (κ1) is 26.5. The van der Waals surface area contributed by atoms with Gasteiger partial charge in [-0.25, -0.2) is 9.98 Å². The normalized spacial score (nSPS) is 16.2. The Morgan fingerprint density at radius 3 is 2.34 bits per heavy atom. The number of fused-ring (bicyclic) bond motifs is 1. The molecule has 3 amide bonds. The highest BCUT2D eigenvalue weighted by molar-refractivity contribution is 6.21. The molecule has 1 aliphatic heterocycles. The van der Waals surface area contributed by atoms with Crippen molar-refractivity contribution in [2.24, 2.45) is 16.6 Å². The molecule has 1 aromatic heterocycles. The van der Waals surface area contributed by atoms with Gasteiger partial charge in [0.2, 0.25) is 18.0 Å². The number of benzene rings is 2. The van der Waals surface area contributed by atoms with E-state index in [1.807, 2.05) is 6.07 Å². The quantitative estimate of drug-likeness (QED) is 0.466. The van der Waals surface area contributed by atoms with E-state index < -0.39 is 55.2 Å². The van der Waals surface area contributed by atoms with Crippen molar-refractivity contribution in [1.29, 1.82) is 0 Å². The molecule has 1 aliphatic rings. The molecule has 38 heavy (non-hydrogen) atoms. The Kier molecular flexibility index (Phi) is 7.85. The van der Waals surface area contributed by atoms with Crippen LogP contribution in [0.25, 0.3) is 0 Å². The smallest absolute Gasteiger partial charge is 0.370 e. The number of anilines is 2. The maximum Gasteiger partial charge on any atom is 0.389 e. The van der Waals surface area contributed by atoms with Crippen LogP contribution in [0.5, 0.6) is 0 Å². The highest BCUT2D eigenvalue weighted by atomic mass is 19.4. The summed E-state index contributed by atoms with van der Waals surface area (Å²) in [6.07, 6.45) is -7.12. The van der Waals surface area contributed by atoms with E-state index in [1.54, 1.807) is 66.7 Å². The summed E-state index contributed by atoms with van der Waals surface area (Å²) < 4.78 is 38.6. The molecule has 0 bridgehead atoms. The Bertz CT molecular complexity index is 1350. The molecule has 0 saturated carbocycles. The molecular weight excluding hydrogens is 499 g/mol. The van der Waals surface area contributed by atoms with Gasteiger partial charge in [-0.2, -0.15) is 13.2 Å². The van der Waals surface area contributed by atoms with Crippen molar-refractivity contribution < 1.29 is 27.6 Å². The lowest BCUT2D eigenvalue weighted by atomic mass is 9.97. The van der Waals surface area contributed by atoms with Crippen molar-refractivity contribution in [3.8, 4) is 0 Å². The predicted octanol–water partition coefficient (Wildman–Crippen LogP) is 3.87. The van der Waals surface area contributed by atoms with Gasteiger partial charge in [-0.05, 0) is 24.6 Å². The second kappa shape index (κ2) is 11.2. The van der Waals surface area contributed by atoms with Crippen molar-refractivity contribution in [2.45, 2.75) is 31.6 Å². The van der Waals surface area contributed by atoms with Crippen LogP contribution in [0.3, 0.4) is 0 Å². The molecule has 2 unspecified atom stereocenters. The molecule has 0 radical (unpaired) electrons. The maximum atomic E-state index is 13.9. The van der Waals surface area contributed by atoms with E-state index in [9.17, 15) is 27.6 Å². The summed E-state index contributed by atoms with van der Waals surface area (Å²) in [5, 5.41) is 2.46. The van der Waals surface area contributed by atoms with Gasteiger partial charge in [0, 0.05) is 36.1 Å². The average molecular weight is 524 g/mol. The van der Waals surface area contributed by atoms with E-state index in [4.69, 9.17) is 5.73 Å². The number of rotatable bonds is 8. The number of halogens is 3. The fourth-order valence-electron chi connectivity index (χ4n) is 4.17. The van der Waals surface area contributed by atoms with E-state index >= 15 is 0 Å². The summed E-state index contributed by atoms with van der Waals surface area (Å²) in [6.45, 7) is 0. The second-order valence-corrected chi connectivity index (χ2v) is 8.65. The van der Waals surface area contributed by atoms with E-state index in [0.29, 0.717) is 22.5 Å². The molecule has 0 spiro atoms. The number of carbonyl (C=O) groups is 3. The molecule has 0 fully saturated rings. The Hall–Kier alpha value is -4.54. The average Bonchev–Trinajstić information content (AvgIpc) is 3.01. The minimum Gasteiger partial charge on any atom is -0.370 e. The number of nitrogens with zero attached hydrogens (tertiary/aromatic N) is 3. The fourth-order valence-corrected chi connectivity index (χ4v) is 4.17. The van der Waals surface area contributed by atoms with Crippen LogP contribution in [0.15, 0.2) is 84.0 Å². The lowest BCUT2D eigenvalue weighted by molar-refractivity contribution is -0.143. The van der Waals surface area contributed by atoms with E-state index in [2.05, 4.69) is 15.3 Å². The number of amides is 3. The molecule has 11 heteroatoms. The highest BCUT2D eigenvalue weighted by Crippen LogP contribution is 2.33. The number of hydrogen-bond acceptors (Lipinski definition) is 5. The molecule has 196 valence electrons. The van der Waals surface area contributed by atoms with Gasteiger partial charge in [0.25, 0.3) is 5.91 Å². The Morgan fingerprint density at radius 2 is 1.68 bits per heavy atom. The SMILES string of the molecule is NC(=O)CC(CCC(F)(F)F)C(=O)NC1N=C(c2ccccc2)c2ccccc2N(c2ccccn2)C1=O. The molecule has 0 aliphatic carbocycles. The summed E-state index contributed by atoms with van der Waals surface area (Å²) in [4.78, 5) is 48.7. The number of nitrogens with two attached hydrogens (primary N) is 1. The first-order chi connectivity index (χ1) is 18.1. The van der Waals surface area contributed by atoms with Gasteiger partial charge in [0.15, 0.2) is 0 Å². The zero-order valence-corrected chi connectivity index (χ0v) is 20.1. The minimum atomic E-state index is -4.54. The van der Waals surface area contributed by atoms with E-state index in [0.717, 1.165) is 0 Å². The largest absolute Gasteiger partial charge is 0.389 e. The number of para-hydroxylation sites is 1. The summed E-state index contributed by atoms with van der Waals surface area (Å²) >= 11 is 0. The van der Waals surface area contributed by atoms with Crippen molar-refractivity contribution in [3.05, 3.63) is 90.1 Å². The molecule has 2 atom stereocenters. The van der Waals surface area contributed by atoms with Crippen LogP contribution in [-0.4, -0.2) is 40.8 Å². The van der Waals surface area contributed by atoms with Crippen molar-refractivity contribution >= 4 is 34.9 Å². The number of carbonyl (C=O) groups excluding carboxylic acids is 3. The molecule has 3 aromatic rings. The van der Waals surface area contributed by atoms with Crippen molar-refractivity contribution in [2.75, 3.05) is 4.90 Å². The summed E-state index contributed by atoms with van der Waals surface area (Å²) in [5.74, 6) is -3.68. The lowest BCUT2D eigenvalue weighted by Crippen LogP contribution is -2.48. The van der Waals surface area contributed by atoms with E-state index in [1.165, 1.54) is 11.1 Å². The highest BCUT2D eigenvalue weighted by Gasteiger charge is 2.37. The number of aromatic nitrogens is 1. The number of alkyl halides is 3. The van der Waals surface area contributed by atoms with Crippen LogP contribution in [0.4, 0.5) is 24.7 Å². The summed E-state index contributed by atoms with van der Waals surface area (Å²) in [7, 11) is 0. The zero-order valence-electron chi connectivity index (χ0n) is 20.1. The number of benzodiazepines with no additional fused rings is 1. The lowest BCUT2D eigenvalue weighted by Gasteiger charge is -2.25. The Morgan fingerprint density at radius 1 is 1.00 bits per heavy atom. The van der Waals surface area contributed by atoms with Crippen LogP contribution in [0.1, 0.15) is 30.4 Å². The molecule has 8 nitrogen and oxygen atoms in total. The first-order valence-corrected chi connectivity index (χ1v) is 11.8. The first-order valence-electron chi connectivity index (χ1n) is 11.8. The molecule has 0 saturated heterocycles. The number of primary amides is 1. The molecule has 3 N–H and O–H groups in total. The van der Waals surface area contributed by atoms with Gasteiger partial charge in [-0.1, -0.05) is 54.6 Å². The monoisotopic (exact) mass is 523 g/mol. The van der Waals surface area contributed by atoms with Crippen molar-refractivity contribution in [1.82, 2.24) is 10.3 Å². The topological polar surface area (TPSA) is 118 Å². The van der Waals surface area contributed by atoms with Gasteiger partial charge in [0.05, 0.1) is 11.4 Å². The third-order valence-corrected chi connectivity index (χ3v) is 5.91. The number of hydrogen-bond donors (Lipinski definition) is 2. The maximum absolute atomic E-state index is 13.9. The molecule has 4 rings (SSSR count). The molecular formula is C27H24F3N5O3. The van der Waals surface area contributed by atoms with Crippen LogP contribution in [0, 0.1) is 5.92 Å². The fraction of sp³-hybridized carbons (Fsp3) is 0.222. The standard InChI is InChI=1S/C27H24F3N5O3/c28-27(29,30)14-13-18(16-21(31)36)25(37)34-24-26(38)35(22-12-6-7-15-32-22)20-11-5-4-10-19(20)23(33-24)17-8-2-1-3-9-17/h1-12,15,18,24H,13-14,16H2,(H2,31,36)(H,34,37). The van der Waals surface area contributed by atoms with Gasteiger partial charge in [0.1, 0.15) is 5.82 Å². The molecule has 2 aromatic carbocycles. The third-order valence-electron chi connectivity index (χ3n) is 5.91. The summed E-state index contributed by atoms with van der Waals surface area (Å²) in [5.41, 5.74) is 7.28. The summed E-state index contributed by atoms with van der Waals surface area (Å²) in [6, 6.07) is 20.9. The molecule has 2 heterocycles. The zero-order chi connectivity index (χ0) is 27.3. The third kappa shape index (κ3) is 6.23. The minimum absolute atomic E-state index is 0.263. The van der Waals surface area contributed by atoms with Gasteiger partial charge in [-0.3, -0.25) is 19.3 Å². The van der Waals surface area contributed by atoms with Gasteiger partial charge >= 0.3 is 6.18 Å². The van der Waals surface area contributed by atoms with Crippen LogP contribution < -0.4 is 16.0 Å².